The van der Waals surface area contributed by atoms with Crippen molar-refractivity contribution in [1.29, 1.82) is 0 Å². The molecule has 0 saturated carbocycles. The summed E-state index contributed by atoms with van der Waals surface area (Å²) >= 11 is 0. The summed E-state index contributed by atoms with van der Waals surface area (Å²) < 4.78 is 26.9. The molecule has 1 saturated heterocycles. The van der Waals surface area contributed by atoms with Crippen LogP contribution in [0.4, 0.5) is 5.69 Å². The van der Waals surface area contributed by atoms with E-state index in [1.165, 1.54) is 4.31 Å². The first-order valence-electron chi connectivity index (χ1n) is 7.45. The molecule has 0 amide bonds. The van der Waals surface area contributed by atoms with Crippen LogP contribution in [-0.4, -0.2) is 57.4 Å². The molecule has 0 bridgehead atoms. The molecule has 6 heteroatoms. The van der Waals surface area contributed by atoms with Crippen LogP contribution in [0.15, 0.2) is 29.2 Å². The van der Waals surface area contributed by atoms with Gasteiger partial charge in [0.05, 0.1) is 4.90 Å². The normalized spacial score (nSPS) is 20.7. The second kappa shape index (κ2) is 6.77. The molecular formula is C15H25N3O2S. The molecule has 1 heterocycles. The first-order chi connectivity index (χ1) is 9.95. The predicted octanol–water partition coefficient (Wildman–Crippen LogP) is 1.83. The lowest BCUT2D eigenvalue weighted by Gasteiger charge is -2.35. The fraction of sp³-hybridized carbons (Fsp3) is 0.600. The molecule has 0 aromatic heterocycles. The number of hydrogen-bond acceptors (Lipinski definition) is 4. The smallest absolute Gasteiger partial charge is 0.243 e. The number of likely N-dealkylation sites (N-methyl/N-ethyl adjacent to an activating group) is 2. The molecule has 0 radical (unpaired) electrons. The monoisotopic (exact) mass is 311 g/mol. The minimum Gasteiger partial charge on any atom is -0.385 e. The van der Waals surface area contributed by atoms with Crippen LogP contribution in [-0.2, 0) is 10.0 Å². The molecule has 118 valence electrons. The van der Waals surface area contributed by atoms with Crippen molar-refractivity contribution in [3.8, 4) is 0 Å². The van der Waals surface area contributed by atoms with Crippen molar-refractivity contribution in [2.45, 2.75) is 30.7 Å². The number of anilines is 1. The molecule has 21 heavy (non-hydrogen) atoms. The van der Waals surface area contributed by atoms with E-state index in [9.17, 15) is 8.42 Å². The van der Waals surface area contributed by atoms with Crippen LogP contribution in [0.25, 0.3) is 0 Å². The van der Waals surface area contributed by atoms with E-state index in [-0.39, 0.29) is 6.04 Å². The van der Waals surface area contributed by atoms with Crippen molar-refractivity contribution in [2.24, 2.45) is 0 Å². The minimum atomic E-state index is -3.41. The molecule has 5 nitrogen and oxygen atoms in total. The molecule has 2 rings (SSSR count). The zero-order chi connectivity index (χ0) is 15.5. The molecule has 1 aliphatic rings. The Hall–Kier alpha value is -1.11. The lowest BCUT2D eigenvalue weighted by molar-refractivity contribution is 0.187. The maximum absolute atomic E-state index is 12.7. The van der Waals surface area contributed by atoms with Crippen molar-refractivity contribution >= 4 is 15.7 Å². The largest absolute Gasteiger partial charge is 0.385 e. The molecule has 1 unspecified atom stereocenters. The van der Waals surface area contributed by atoms with E-state index in [1.54, 1.807) is 19.2 Å². The van der Waals surface area contributed by atoms with E-state index >= 15 is 0 Å². The highest BCUT2D eigenvalue weighted by Gasteiger charge is 2.30. The van der Waals surface area contributed by atoms with E-state index in [0.29, 0.717) is 4.90 Å². The van der Waals surface area contributed by atoms with Gasteiger partial charge in [0, 0.05) is 31.9 Å². The number of nitrogens with zero attached hydrogens (tertiary/aromatic N) is 2. The van der Waals surface area contributed by atoms with E-state index in [2.05, 4.69) is 10.2 Å². The zero-order valence-corrected chi connectivity index (χ0v) is 13.9. The van der Waals surface area contributed by atoms with Crippen LogP contribution in [0, 0.1) is 0 Å². The van der Waals surface area contributed by atoms with Crippen LogP contribution in [0.3, 0.4) is 0 Å². The maximum atomic E-state index is 12.7. The third kappa shape index (κ3) is 3.75. The lowest BCUT2D eigenvalue weighted by atomic mass is 10.1. The topological polar surface area (TPSA) is 52.7 Å². The molecular weight excluding hydrogens is 286 g/mol. The van der Waals surface area contributed by atoms with Crippen molar-refractivity contribution < 1.29 is 8.42 Å². The lowest BCUT2D eigenvalue weighted by Crippen LogP contribution is -2.47. The van der Waals surface area contributed by atoms with Gasteiger partial charge in [-0.05, 0) is 57.6 Å². The van der Waals surface area contributed by atoms with Crippen molar-refractivity contribution in [3.63, 3.8) is 0 Å². The number of hydrogen-bond donors (Lipinski definition) is 1. The van der Waals surface area contributed by atoms with Crippen LogP contribution in [0.5, 0.6) is 0 Å². The van der Waals surface area contributed by atoms with Crippen molar-refractivity contribution in [2.75, 3.05) is 39.0 Å². The van der Waals surface area contributed by atoms with Crippen LogP contribution < -0.4 is 5.32 Å². The van der Waals surface area contributed by atoms with Crippen LogP contribution in [0.1, 0.15) is 19.8 Å². The first kappa shape index (κ1) is 16.3. The van der Waals surface area contributed by atoms with Crippen LogP contribution in [0.2, 0.25) is 0 Å². The summed E-state index contributed by atoms with van der Waals surface area (Å²) in [4.78, 5) is 2.55. The second-order valence-electron chi connectivity index (χ2n) is 5.63. The van der Waals surface area contributed by atoms with Gasteiger partial charge in [0.1, 0.15) is 0 Å². The molecule has 1 atom stereocenters. The first-order valence-corrected chi connectivity index (χ1v) is 8.89. The molecule has 1 fully saturated rings. The van der Waals surface area contributed by atoms with Gasteiger partial charge in [-0.15, -0.1) is 0 Å². The zero-order valence-electron chi connectivity index (χ0n) is 13.0. The summed E-state index contributed by atoms with van der Waals surface area (Å²) in [6.07, 6.45) is 1.97. The Labute approximate surface area is 128 Å². The van der Waals surface area contributed by atoms with Gasteiger partial charge in [-0.3, -0.25) is 0 Å². The molecule has 1 aliphatic heterocycles. The average Bonchev–Trinajstić information content (AvgIpc) is 2.47. The number of rotatable bonds is 5. The van der Waals surface area contributed by atoms with Crippen molar-refractivity contribution in [1.82, 2.24) is 9.21 Å². The maximum Gasteiger partial charge on any atom is 0.243 e. The fourth-order valence-corrected chi connectivity index (χ4v) is 4.12. The Morgan fingerprint density at radius 3 is 2.57 bits per heavy atom. The Bertz CT molecular complexity index is 557. The van der Waals surface area contributed by atoms with Crippen molar-refractivity contribution in [3.05, 3.63) is 24.3 Å². The Kier molecular flexibility index (Phi) is 5.24. The number of likely N-dealkylation sites (tertiary alicyclic amines) is 1. The highest BCUT2D eigenvalue weighted by Crippen LogP contribution is 2.22. The fourth-order valence-electron chi connectivity index (χ4n) is 2.75. The quantitative estimate of drug-likeness (QED) is 0.901. The highest BCUT2D eigenvalue weighted by molar-refractivity contribution is 7.89. The Morgan fingerprint density at radius 2 is 2.00 bits per heavy atom. The third-order valence-electron chi connectivity index (χ3n) is 4.03. The standard InChI is InChI=1S/C15H25N3O2S/c1-4-16-13-7-9-15(10-8-13)21(19,20)18(3)14-6-5-11-17(2)12-14/h7-10,14,16H,4-6,11-12H2,1-3H3. The van der Waals surface area contributed by atoms with Gasteiger partial charge in [0.25, 0.3) is 0 Å². The Morgan fingerprint density at radius 1 is 1.33 bits per heavy atom. The average molecular weight is 311 g/mol. The molecule has 1 N–H and O–H groups in total. The molecule has 0 aliphatic carbocycles. The molecule has 0 spiro atoms. The molecule has 1 aromatic rings. The number of sulfonamides is 1. The van der Waals surface area contributed by atoms with E-state index in [4.69, 9.17) is 0 Å². The Balaban J connectivity index is 2.16. The van der Waals surface area contributed by atoms with Crippen LogP contribution >= 0.6 is 0 Å². The van der Waals surface area contributed by atoms with Gasteiger partial charge >= 0.3 is 0 Å². The number of piperidine rings is 1. The van der Waals surface area contributed by atoms with Gasteiger partial charge in [-0.25, -0.2) is 8.42 Å². The van der Waals surface area contributed by atoms with Gasteiger partial charge in [-0.1, -0.05) is 0 Å². The SMILES string of the molecule is CCNc1ccc(S(=O)(=O)N(C)C2CCCN(C)C2)cc1. The van der Waals surface area contributed by atoms with Gasteiger partial charge in [-0.2, -0.15) is 4.31 Å². The summed E-state index contributed by atoms with van der Waals surface area (Å²) in [6.45, 7) is 4.67. The summed E-state index contributed by atoms with van der Waals surface area (Å²) in [6, 6.07) is 7.04. The van der Waals surface area contributed by atoms with Gasteiger partial charge in [0.2, 0.25) is 10.0 Å². The minimum absolute atomic E-state index is 0.0576. The summed E-state index contributed by atoms with van der Waals surface area (Å²) in [5.74, 6) is 0. The van der Waals surface area contributed by atoms with E-state index in [0.717, 1.165) is 38.2 Å². The third-order valence-corrected chi connectivity index (χ3v) is 5.95. The number of nitrogens with one attached hydrogen (secondary N) is 1. The number of benzene rings is 1. The summed E-state index contributed by atoms with van der Waals surface area (Å²) in [5, 5.41) is 3.17. The van der Waals surface area contributed by atoms with Gasteiger partial charge in [0.15, 0.2) is 0 Å². The predicted molar refractivity (Wildman–Crippen MR) is 86.1 cm³/mol. The highest BCUT2D eigenvalue weighted by atomic mass is 32.2. The van der Waals surface area contributed by atoms with Gasteiger partial charge < -0.3 is 10.2 Å². The molecule has 1 aromatic carbocycles. The second-order valence-corrected chi connectivity index (χ2v) is 7.63. The van der Waals surface area contributed by atoms with E-state index < -0.39 is 10.0 Å². The summed E-state index contributed by atoms with van der Waals surface area (Å²) in [7, 11) is 0.316. The van der Waals surface area contributed by atoms with E-state index in [1.807, 2.05) is 26.1 Å². The summed E-state index contributed by atoms with van der Waals surface area (Å²) in [5.41, 5.74) is 0.941.